The van der Waals surface area contributed by atoms with E-state index in [1.165, 1.54) is 0 Å². The number of thiophene rings is 1. The predicted molar refractivity (Wildman–Crippen MR) is 76.8 cm³/mol. The molecule has 4 heterocycles. The normalized spacial score (nSPS) is 14.2. The summed E-state index contributed by atoms with van der Waals surface area (Å²) in [5, 5.41) is 5.87. The molecule has 0 unspecified atom stereocenters. The minimum absolute atomic E-state index is 0.109. The van der Waals surface area contributed by atoms with Crippen LogP contribution in [0.2, 0.25) is 0 Å². The maximum Gasteiger partial charge on any atom is 0.276 e. The Balaban J connectivity index is 1.56. The molecule has 3 aromatic rings. The Hall–Kier alpha value is -2.41. The maximum atomic E-state index is 12.5. The summed E-state index contributed by atoms with van der Waals surface area (Å²) in [5.74, 6) is 0.523. The van der Waals surface area contributed by atoms with E-state index >= 15 is 0 Å². The number of amides is 1. The van der Waals surface area contributed by atoms with E-state index in [0.717, 1.165) is 22.7 Å². The van der Waals surface area contributed by atoms with E-state index in [1.807, 2.05) is 17.5 Å². The van der Waals surface area contributed by atoms with Crippen LogP contribution >= 0.6 is 11.3 Å². The Morgan fingerprint density at radius 2 is 2.43 bits per heavy atom. The number of hydrogen-bond donors (Lipinski definition) is 1. The van der Waals surface area contributed by atoms with Gasteiger partial charge in [0.25, 0.3) is 5.91 Å². The summed E-state index contributed by atoms with van der Waals surface area (Å²) in [6.07, 6.45) is 2.43. The van der Waals surface area contributed by atoms with E-state index in [0.29, 0.717) is 24.5 Å². The Labute approximate surface area is 124 Å². The molecule has 0 radical (unpaired) electrons. The lowest BCUT2D eigenvalue weighted by atomic mass is 10.1. The van der Waals surface area contributed by atoms with Crippen LogP contribution in [-0.4, -0.2) is 32.5 Å². The summed E-state index contributed by atoms with van der Waals surface area (Å²) in [7, 11) is 0. The second-order valence-electron chi connectivity index (χ2n) is 4.86. The highest BCUT2D eigenvalue weighted by molar-refractivity contribution is 7.13. The number of H-pyrrole nitrogens is 1. The third-order valence-corrected chi connectivity index (χ3v) is 4.44. The molecule has 21 heavy (non-hydrogen) atoms. The first-order chi connectivity index (χ1) is 10.3. The summed E-state index contributed by atoms with van der Waals surface area (Å²) in [6, 6.07) is 5.59. The Bertz CT molecular complexity index is 775. The number of aromatic amines is 1. The molecule has 0 aromatic carbocycles. The number of fused-ring (bicyclic) bond motifs is 1. The van der Waals surface area contributed by atoms with Crippen molar-refractivity contribution in [2.75, 3.05) is 6.54 Å². The van der Waals surface area contributed by atoms with E-state index in [9.17, 15) is 4.79 Å². The third kappa shape index (κ3) is 2.15. The number of carbonyl (C=O) groups excluding carboxylic acids is 1. The fourth-order valence-electron chi connectivity index (χ4n) is 2.46. The average molecular weight is 300 g/mol. The van der Waals surface area contributed by atoms with Crippen molar-refractivity contribution in [1.29, 1.82) is 0 Å². The van der Waals surface area contributed by atoms with Crippen molar-refractivity contribution in [3.05, 3.63) is 47.0 Å². The Kier molecular flexibility index (Phi) is 2.85. The summed E-state index contributed by atoms with van der Waals surface area (Å²) in [6.45, 7) is 1.19. The Morgan fingerprint density at radius 1 is 1.48 bits per heavy atom. The SMILES string of the molecule is O=C(c1cc(-c2cccs2)on1)N1CCc2nc[nH]c2C1. The van der Waals surface area contributed by atoms with Crippen molar-refractivity contribution >= 4 is 17.2 Å². The molecule has 4 rings (SSSR count). The number of carbonyl (C=O) groups is 1. The van der Waals surface area contributed by atoms with E-state index in [2.05, 4.69) is 15.1 Å². The molecule has 1 amide bonds. The predicted octanol–water partition coefficient (Wildman–Crippen LogP) is 2.32. The van der Waals surface area contributed by atoms with Crippen LogP contribution in [-0.2, 0) is 13.0 Å². The second kappa shape index (κ2) is 4.85. The van der Waals surface area contributed by atoms with E-state index < -0.39 is 0 Å². The van der Waals surface area contributed by atoms with Gasteiger partial charge in [0.05, 0.1) is 29.1 Å². The fourth-order valence-corrected chi connectivity index (χ4v) is 3.13. The quantitative estimate of drug-likeness (QED) is 0.788. The van der Waals surface area contributed by atoms with Crippen LogP contribution in [0.4, 0.5) is 0 Å². The van der Waals surface area contributed by atoms with Gasteiger partial charge in [-0.2, -0.15) is 0 Å². The molecule has 0 saturated heterocycles. The van der Waals surface area contributed by atoms with Gasteiger partial charge >= 0.3 is 0 Å². The topological polar surface area (TPSA) is 75.0 Å². The summed E-state index contributed by atoms with van der Waals surface area (Å²) >= 11 is 1.56. The van der Waals surface area contributed by atoms with Crippen molar-refractivity contribution in [3.8, 4) is 10.6 Å². The molecule has 0 atom stereocenters. The molecule has 0 aliphatic carbocycles. The van der Waals surface area contributed by atoms with E-state index in [-0.39, 0.29) is 5.91 Å². The standard InChI is InChI=1S/C14H12N4O2S/c19-14(18-4-3-9-11(7-18)16-8-15-9)10-6-12(20-17-10)13-2-1-5-21-13/h1-2,5-6,8H,3-4,7H2,(H,15,16). The highest BCUT2D eigenvalue weighted by Crippen LogP contribution is 2.26. The van der Waals surface area contributed by atoms with E-state index in [1.54, 1.807) is 28.6 Å². The summed E-state index contributed by atoms with van der Waals surface area (Å²) in [5.41, 5.74) is 2.39. The van der Waals surface area contributed by atoms with Crippen LogP contribution in [0, 0.1) is 0 Å². The van der Waals surface area contributed by atoms with Crippen LogP contribution in [0.15, 0.2) is 34.4 Å². The van der Waals surface area contributed by atoms with Gasteiger partial charge in [0.1, 0.15) is 0 Å². The van der Waals surface area contributed by atoms with Gasteiger partial charge in [-0.05, 0) is 11.4 Å². The second-order valence-corrected chi connectivity index (χ2v) is 5.81. The molecule has 106 valence electrons. The molecule has 1 aliphatic rings. The van der Waals surface area contributed by atoms with Gasteiger partial charge in [-0.25, -0.2) is 4.98 Å². The van der Waals surface area contributed by atoms with Crippen molar-refractivity contribution < 1.29 is 9.32 Å². The van der Waals surface area contributed by atoms with Gasteiger partial charge in [-0.1, -0.05) is 11.2 Å². The first-order valence-electron chi connectivity index (χ1n) is 6.62. The zero-order chi connectivity index (χ0) is 14.2. The van der Waals surface area contributed by atoms with Crippen molar-refractivity contribution in [2.45, 2.75) is 13.0 Å². The van der Waals surface area contributed by atoms with Gasteiger partial charge in [-0.3, -0.25) is 4.79 Å². The number of nitrogens with one attached hydrogen (secondary N) is 1. The van der Waals surface area contributed by atoms with Gasteiger partial charge in [0.2, 0.25) is 0 Å². The molecule has 1 N–H and O–H groups in total. The number of nitrogens with zero attached hydrogens (tertiary/aromatic N) is 3. The zero-order valence-corrected chi connectivity index (χ0v) is 11.9. The molecule has 6 nitrogen and oxygen atoms in total. The van der Waals surface area contributed by atoms with Gasteiger partial charge in [0, 0.05) is 19.0 Å². The molecular formula is C14H12N4O2S. The van der Waals surface area contributed by atoms with Crippen LogP contribution in [0.1, 0.15) is 21.9 Å². The lowest BCUT2D eigenvalue weighted by Gasteiger charge is -2.25. The first kappa shape index (κ1) is 12.3. The van der Waals surface area contributed by atoms with Crippen molar-refractivity contribution in [1.82, 2.24) is 20.0 Å². The highest BCUT2D eigenvalue weighted by atomic mass is 32.1. The smallest absolute Gasteiger partial charge is 0.276 e. The number of rotatable bonds is 2. The lowest BCUT2D eigenvalue weighted by Crippen LogP contribution is -2.36. The molecule has 7 heteroatoms. The zero-order valence-electron chi connectivity index (χ0n) is 11.1. The minimum atomic E-state index is -0.109. The average Bonchev–Trinajstić information content (AvgIpc) is 3.24. The van der Waals surface area contributed by atoms with Crippen LogP contribution in [0.25, 0.3) is 10.6 Å². The molecule has 0 spiro atoms. The van der Waals surface area contributed by atoms with Gasteiger partial charge in [0.15, 0.2) is 11.5 Å². The van der Waals surface area contributed by atoms with Crippen molar-refractivity contribution in [3.63, 3.8) is 0 Å². The molecule has 3 aromatic heterocycles. The van der Waals surface area contributed by atoms with Crippen LogP contribution in [0.5, 0.6) is 0 Å². The maximum absolute atomic E-state index is 12.5. The Morgan fingerprint density at radius 3 is 3.29 bits per heavy atom. The fraction of sp³-hybridized carbons (Fsp3) is 0.214. The number of imidazole rings is 1. The first-order valence-corrected chi connectivity index (χ1v) is 7.50. The molecular weight excluding hydrogens is 288 g/mol. The summed E-state index contributed by atoms with van der Waals surface area (Å²) in [4.78, 5) is 22.5. The number of hydrogen-bond acceptors (Lipinski definition) is 5. The molecule has 0 fully saturated rings. The van der Waals surface area contributed by atoms with Crippen LogP contribution in [0.3, 0.4) is 0 Å². The third-order valence-electron chi connectivity index (χ3n) is 3.56. The number of aromatic nitrogens is 3. The highest BCUT2D eigenvalue weighted by Gasteiger charge is 2.25. The van der Waals surface area contributed by atoms with Crippen molar-refractivity contribution in [2.24, 2.45) is 0 Å². The minimum Gasteiger partial charge on any atom is -0.355 e. The van der Waals surface area contributed by atoms with Gasteiger partial charge < -0.3 is 14.4 Å². The largest absolute Gasteiger partial charge is 0.355 e. The van der Waals surface area contributed by atoms with Crippen LogP contribution < -0.4 is 0 Å². The molecule has 1 aliphatic heterocycles. The molecule has 0 saturated carbocycles. The summed E-state index contributed by atoms with van der Waals surface area (Å²) < 4.78 is 5.27. The van der Waals surface area contributed by atoms with Gasteiger partial charge in [-0.15, -0.1) is 11.3 Å². The lowest BCUT2D eigenvalue weighted by molar-refractivity contribution is 0.0721. The monoisotopic (exact) mass is 300 g/mol. The molecule has 0 bridgehead atoms. The van der Waals surface area contributed by atoms with E-state index in [4.69, 9.17) is 4.52 Å².